The summed E-state index contributed by atoms with van der Waals surface area (Å²) in [7, 11) is 0. The number of hydrogen-bond donors (Lipinski definition) is 3. The molecule has 0 saturated carbocycles. The summed E-state index contributed by atoms with van der Waals surface area (Å²) in [6.07, 6.45) is 0. The number of amides is 3. The van der Waals surface area contributed by atoms with Gasteiger partial charge < -0.3 is 10.6 Å². The normalized spacial score (nSPS) is 13.5. The average Bonchev–Trinajstić information content (AvgIpc) is 2.73. The van der Waals surface area contributed by atoms with Crippen molar-refractivity contribution in [2.75, 3.05) is 23.4 Å². The second kappa shape index (κ2) is 9.21. The second-order valence-corrected chi connectivity index (χ2v) is 7.44. The second-order valence-electron chi connectivity index (χ2n) is 7.44. The van der Waals surface area contributed by atoms with Crippen LogP contribution in [0.25, 0.3) is 0 Å². The van der Waals surface area contributed by atoms with Crippen molar-refractivity contribution < 1.29 is 14.4 Å². The fraction of sp³-hybridized carbons (Fsp3) is 0.273. The number of carbonyl (C=O) groups is 3. The van der Waals surface area contributed by atoms with Crippen LogP contribution in [-0.2, 0) is 9.59 Å². The molecular formula is C22H25N5O3. The molecule has 0 radical (unpaired) electrons. The summed E-state index contributed by atoms with van der Waals surface area (Å²) in [6.45, 7) is 6.33. The number of nitrogens with zero attached hydrogens (tertiary/aromatic N) is 2. The van der Waals surface area contributed by atoms with Gasteiger partial charge in [-0.15, -0.1) is 0 Å². The number of carbonyl (C=O) groups excluding carboxylic acids is 3. The minimum absolute atomic E-state index is 0.00688. The maximum absolute atomic E-state index is 12.8. The van der Waals surface area contributed by atoms with Crippen LogP contribution >= 0.6 is 0 Å². The molecule has 1 aliphatic heterocycles. The van der Waals surface area contributed by atoms with E-state index >= 15 is 0 Å². The molecule has 8 heteroatoms. The molecule has 0 fully saturated rings. The summed E-state index contributed by atoms with van der Waals surface area (Å²) >= 11 is 0. The van der Waals surface area contributed by atoms with E-state index < -0.39 is 5.91 Å². The first-order valence-electron chi connectivity index (χ1n) is 9.74. The Morgan fingerprint density at radius 1 is 1.10 bits per heavy atom. The van der Waals surface area contributed by atoms with E-state index in [-0.39, 0.29) is 24.2 Å². The SMILES string of the molecule is Cc1ccc(N2NC(C(=O)Nc3ccccc3C(=O)NCC(C)C)=NCC2=O)cc1. The molecule has 0 unspecified atom stereocenters. The first-order chi connectivity index (χ1) is 14.3. The van der Waals surface area contributed by atoms with Crippen LogP contribution < -0.4 is 21.1 Å². The lowest BCUT2D eigenvalue weighted by atomic mass is 10.1. The number of para-hydroxylation sites is 1. The van der Waals surface area contributed by atoms with E-state index in [2.05, 4.69) is 21.1 Å². The number of aliphatic imine (C=N–C) groups is 1. The molecule has 3 rings (SSSR count). The van der Waals surface area contributed by atoms with E-state index in [0.29, 0.717) is 29.4 Å². The molecule has 0 bridgehead atoms. The zero-order chi connectivity index (χ0) is 21.7. The fourth-order valence-corrected chi connectivity index (χ4v) is 2.81. The van der Waals surface area contributed by atoms with Gasteiger partial charge in [0.25, 0.3) is 17.7 Å². The highest BCUT2D eigenvalue weighted by atomic mass is 16.2. The van der Waals surface area contributed by atoms with Crippen molar-refractivity contribution in [2.45, 2.75) is 20.8 Å². The predicted octanol–water partition coefficient (Wildman–Crippen LogP) is 2.27. The third-order valence-corrected chi connectivity index (χ3v) is 4.44. The number of rotatable bonds is 6. The van der Waals surface area contributed by atoms with Crippen molar-refractivity contribution in [1.82, 2.24) is 10.7 Å². The summed E-state index contributed by atoms with van der Waals surface area (Å²) < 4.78 is 0. The molecule has 0 saturated heterocycles. The molecule has 30 heavy (non-hydrogen) atoms. The predicted molar refractivity (Wildman–Crippen MR) is 116 cm³/mol. The maximum Gasteiger partial charge on any atom is 0.292 e. The van der Waals surface area contributed by atoms with E-state index in [1.54, 1.807) is 36.4 Å². The van der Waals surface area contributed by atoms with Crippen LogP contribution in [-0.4, -0.2) is 36.6 Å². The van der Waals surface area contributed by atoms with Crippen molar-refractivity contribution in [3.05, 3.63) is 59.7 Å². The molecule has 1 aliphatic rings. The standard InChI is InChI=1S/C22H25N5O3/c1-14(2)12-24-21(29)17-6-4-5-7-18(17)25-22(30)20-23-13-19(28)27(26-20)16-10-8-15(3)9-11-16/h4-11,14H,12-13H2,1-3H3,(H,23,26)(H,24,29)(H,25,30). The zero-order valence-corrected chi connectivity index (χ0v) is 17.2. The van der Waals surface area contributed by atoms with Crippen LogP contribution in [0.1, 0.15) is 29.8 Å². The lowest BCUT2D eigenvalue weighted by molar-refractivity contribution is -0.118. The minimum Gasteiger partial charge on any atom is -0.352 e. The smallest absolute Gasteiger partial charge is 0.292 e. The van der Waals surface area contributed by atoms with Gasteiger partial charge in [0.05, 0.1) is 16.9 Å². The van der Waals surface area contributed by atoms with Crippen LogP contribution in [0, 0.1) is 12.8 Å². The van der Waals surface area contributed by atoms with E-state index in [4.69, 9.17) is 0 Å². The van der Waals surface area contributed by atoms with E-state index in [1.165, 1.54) is 5.01 Å². The Morgan fingerprint density at radius 3 is 2.50 bits per heavy atom. The van der Waals surface area contributed by atoms with Crippen LogP contribution in [0.2, 0.25) is 0 Å². The third-order valence-electron chi connectivity index (χ3n) is 4.44. The summed E-state index contributed by atoms with van der Waals surface area (Å²) in [5.74, 6) is -0.781. The monoisotopic (exact) mass is 407 g/mol. The van der Waals surface area contributed by atoms with Crippen LogP contribution in [0.4, 0.5) is 11.4 Å². The van der Waals surface area contributed by atoms with Crippen molar-refractivity contribution in [3.63, 3.8) is 0 Å². The van der Waals surface area contributed by atoms with E-state index in [1.807, 2.05) is 32.9 Å². The lowest BCUT2D eigenvalue weighted by Crippen LogP contribution is -2.54. The Hall–Kier alpha value is -3.68. The summed E-state index contributed by atoms with van der Waals surface area (Å²) in [5.41, 5.74) is 5.16. The summed E-state index contributed by atoms with van der Waals surface area (Å²) in [5, 5.41) is 6.85. The zero-order valence-electron chi connectivity index (χ0n) is 17.2. The highest BCUT2D eigenvalue weighted by molar-refractivity contribution is 6.43. The van der Waals surface area contributed by atoms with Gasteiger partial charge in [-0.05, 0) is 37.1 Å². The van der Waals surface area contributed by atoms with E-state index in [0.717, 1.165) is 5.56 Å². The quantitative estimate of drug-likeness (QED) is 0.683. The van der Waals surface area contributed by atoms with Gasteiger partial charge in [-0.25, -0.2) is 5.01 Å². The molecule has 3 N–H and O–H groups in total. The number of hydrazine groups is 1. The molecule has 1 heterocycles. The van der Waals surface area contributed by atoms with E-state index in [9.17, 15) is 14.4 Å². The molecule has 156 valence electrons. The van der Waals surface area contributed by atoms with Crippen molar-refractivity contribution in [1.29, 1.82) is 0 Å². The number of benzene rings is 2. The topological polar surface area (TPSA) is 103 Å². The first kappa shape index (κ1) is 21.0. The average molecular weight is 407 g/mol. The first-order valence-corrected chi connectivity index (χ1v) is 9.74. The van der Waals surface area contributed by atoms with Crippen molar-refractivity contribution in [2.24, 2.45) is 10.9 Å². The van der Waals surface area contributed by atoms with Gasteiger partial charge in [0.2, 0.25) is 5.84 Å². The molecular weight excluding hydrogens is 382 g/mol. The molecule has 2 aromatic carbocycles. The minimum atomic E-state index is -0.538. The number of anilines is 2. The highest BCUT2D eigenvalue weighted by Crippen LogP contribution is 2.17. The molecule has 2 aromatic rings. The number of hydrogen-bond acceptors (Lipinski definition) is 5. The van der Waals surface area contributed by atoms with Gasteiger partial charge in [0.15, 0.2) is 0 Å². The summed E-state index contributed by atoms with van der Waals surface area (Å²) in [4.78, 5) is 41.5. The largest absolute Gasteiger partial charge is 0.352 e. The van der Waals surface area contributed by atoms with Gasteiger partial charge >= 0.3 is 0 Å². The van der Waals surface area contributed by atoms with Crippen molar-refractivity contribution in [3.8, 4) is 0 Å². The Bertz CT molecular complexity index is 983. The molecule has 8 nitrogen and oxygen atoms in total. The van der Waals surface area contributed by atoms with Crippen LogP contribution in [0.3, 0.4) is 0 Å². The van der Waals surface area contributed by atoms with Crippen LogP contribution in [0.5, 0.6) is 0 Å². The number of amidine groups is 1. The highest BCUT2D eigenvalue weighted by Gasteiger charge is 2.26. The van der Waals surface area contributed by atoms with Gasteiger partial charge in [-0.1, -0.05) is 43.7 Å². The number of aryl methyl sites for hydroxylation is 1. The Balaban J connectivity index is 1.74. The van der Waals surface area contributed by atoms with Gasteiger partial charge in [0, 0.05) is 6.54 Å². The Kier molecular flexibility index (Phi) is 6.46. The molecule has 0 spiro atoms. The lowest BCUT2D eigenvalue weighted by Gasteiger charge is -2.27. The molecule has 0 aliphatic carbocycles. The molecule has 0 atom stereocenters. The Labute approximate surface area is 175 Å². The molecule has 3 amide bonds. The van der Waals surface area contributed by atoms with Gasteiger partial charge in [0.1, 0.15) is 6.54 Å². The maximum atomic E-state index is 12.8. The van der Waals surface area contributed by atoms with Crippen LogP contribution in [0.15, 0.2) is 53.5 Å². The Morgan fingerprint density at radius 2 is 1.80 bits per heavy atom. The van der Waals surface area contributed by atoms with Gasteiger partial charge in [-0.3, -0.25) is 24.8 Å². The van der Waals surface area contributed by atoms with Crippen molar-refractivity contribution >= 4 is 34.9 Å². The van der Waals surface area contributed by atoms with Gasteiger partial charge in [-0.2, -0.15) is 0 Å². The summed E-state index contributed by atoms with van der Waals surface area (Å²) in [6, 6.07) is 14.1. The fourth-order valence-electron chi connectivity index (χ4n) is 2.81. The third kappa shape index (κ3) is 5.02. The molecule has 0 aromatic heterocycles. The number of nitrogens with one attached hydrogen (secondary N) is 3.